The molecular formula is C17H22N2O2Se. The molecule has 1 aromatic heterocycles. The van der Waals surface area contributed by atoms with Crippen LogP contribution in [0.25, 0.3) is 10.0 Å². The van der Waals surface area contributed by atoms with Gasteiger partial charge in [0.25, 0.3) is 0 Å². The van der Waals surface area contributed by atoms with Crippen LogP contribution < -0.4 is 4.90 Å². The predicted octanol–water partition coefficient (Wildman–Crippen LogP) is 3.14. The third-order valence-corrected chi connectivity index (χ3v) is 5.92. The van der Waals surface area contributed by atoms with Gasteiger partial charge in [0, 0.05) is 0 Å². The first-order valence-electron chi connectivity index (χ1n) is 7.61. The normalized spacial score (nSPS) is 10.5. The standard InChI is InChI=1S/C17H22N2O2Se/c1-5-19(6-2)17-18-14(16(20)21-7-3)15(22-17)13-11-9-8-10-12(13)4/h8-11H,5-7H2,1-4H3. The summed E-state index contributed by atoms with van der Waals surface area (Å²) >= 11 is 0.0280. The number of rotatable bonds is 6. The Kier molecular flexibility index (Phi) is 5.81. The molecule has 22 heavy (non-hydrogen) atoms. The van der Waals surface area contributed by atoms with Crippen molar-refractivity contribution in [1.29, 1.82) is 0 Å². The summed E-state index contributed by atoms with van der Waals surface area (Å²) in [6.45, 7) is 10.3. The van der Waals surface area contributed by atoms with Crippen LogP contribution in [0.1, 0.15) is 36.8 Å². The molecule has 1 heterocycles. The van der Waals surface area contributed by atoms with Gasteiger partial charge in [-0.05, 0) is 0 Å². The average Bonchev–Trinajstić information content (AvgIpc) is 2.94. The summed E-state index contributed by atoms with van der Waals surface area (Å²) in [6, 6.07) is 8.14. The molecule has 0 saturated heterocycles. The van der Waals surface area contributed by atoms with Gasteiger partial charge in [0.15, 0.2) is 0 Å². The zero-order chi connectivity index (χ0) is 16.1. The number of ether oxygens (including phenoxy) is 1. The third kappa shape index (κ3) is 3.42. The predicted molar refractivity (Wildman–Crippen MR) is 90.9 cm³/mol. The number of hydrogen-bond donors (Lipinski definition) is 0. The monoisotopic (exact) mass is 366 g/mol. The fourth-order valence-corrected chi connectivity index (χ4v) is 4.95. The van der Waals surface area contributed by atoms with E-state index in [-0.39, 0.29) is 20.5 Å². The molecule has 0 aliphatic rings. The Morgan fingerprint density at radius 1 is 1.23 bits per heavy atom. The van der Waals surface area contributed by atoms with E-state index < -0.39 is 0 Å². The Morgan fingerprint density at radius 3 is 2.50 bits per heavy atom. The number of carbonyl (C=O) groups excluding carboxylic acids is 1. The van der Waals surface area contributed by atoms with Gasteiger partial charge in [-0.2, -0.15) is 0 Å². The average molecular weight is 365 g/mol. The molecule has 2 aromatic rings. The van der Waals surface area contributed by atoms with E-state index in [1.165, 1.54) is 0 Å². The maximum atomic E-state index is 12.3. The van der Waals surface area contributed by atoms with Crippen LogP contribution in [-0.2, 0) is 4.74 Å². The molecule has 0 radical (unpaired) electrons. The maximum absolute atomic E-state index is 12.3. The van der Waals surface area contributed by atoms with E-state index in [1.807, 2.05) is 19.1 Å². The Labute approximate surface area is 137 Å². The van der Waals surface area contributed by atoms with Crippen LogP contribution in [0.4, 0.5) is 4.69 Å². The number of carbonyl (C=O) groups is 1. The SMILES string of the molecule is CCOC(=O)c1nc(N(CC)CC)[se]c1-c1ccccc1C. The molecule has 2 rings (SSSR count). The van der Waals surface area contributed by atoms with E-state index in [1.54, 1.807) is 0 Å². The van der Waals surface area contributed by atoms with Crippen LogP contribution in [0.2, 0.25) is 0 Å². The molecule has 0 saturated carbocycles. The van der Waals surface area contributed by atoms with E-state index in [0.717, 1.165) is 33.3 Å². The van der Waals surface area contributed by atoms with Gasteiger partial charge in [-0.25, -0.2) is 0 Å². The zero-order valence-corrected chi connectivity index (χ0v) is 15.3. The van der Waals surface area contributed by atoms with Crippen molar-refractivity contribution < 1.29 is 9.53 Å². The van der Waals surface area contributed by atoms with Crippen LogP contribution >= 0.6 is 0 Å². The Morgan fingerprint density at radius 2 is 1.91 bits per heavy atom. The van der Waals surface area contributed by atoms with Crippen molar-refractivity contribution in [2.24, 2.45) is 0 Å². The van der Waals surface area contributed by atoms with Gasteiger partial charge in [0.1, 0.15) is 0 Å². The molecular weight excluding hydrogens is 343 g/mol. The molecule has 0 fully saturated rings. The van der Waals surface area contributed by atoms with Gasteiger partial charge in [0.2, 0.25) is 0 Å². The topological polar surface area (TPSA) is 42.4 Å². The quantitative estimate of drug-likeness (QED) is 0.583. The van der Waals surface area contributed by atoms with E-state index in [0.29, 0.717) is 12.3 Å². The number of hydrogen-bond acceptors (Lipinski definition) is 4. The van der Waals surface area contributed by atoms with Crippen LogP contribution in [0.5, 0.6) is 0 Å². The molecule has 1 aromatic carbocycles. The van der Waals surface area contributed by atoms with Crippen LogP contribution in [-0.4, -0.2) is 45.2 Å². The number of benzene rings is 1. The van der Waals surface area contributed by atoms with Gasteiger partial charge in [0.05, 0.1) is 0 Å². The summed E-state index contributed by atoms with van der Waals surface area (Å²) < 4.78 is 7.25. The Bertz CT molecular complexity index is 648. The van der Waals surface area contributed by atoms with Crippen molar-refractivity contribution in [3.63, 3.8) is 0 Å². The van der Waals surface area contributed by atoms with E-state index >= 15 is 0 Å². The van der Waals surface area contributed by atoms with E-state index in [9.17, 15) is 4.79 Å². The van der Waals surface area contributed by atoms with Gasteiger partial charge in [-0.1, -0.05) is 0 Å². The summed E-state index contributed by atoms with van der Waals surface area (Å²) in [6.07, 6.45) is 0. The van der Waals surface area contributed by atoms with Crippen molar-refractivity contribution >= 4 is 25.2 Å². The van der Waals surface area contributed by atoms with Gasteiger partial charge < -0.3 is 0 Å². The molecule has 0 amide bonds. The van der Waals surface area contributed by atoms with Crippen molar-refractivity contribution in [3.8, 4) is 10.0 Å². The second-order valence-corrected chi connectivity index (χ2v) is 6.93. The van der Waals surface area contributed by atoms with Crippen molar-refractivity contribution in [2.75, 3.05) is 24.6 Å². The number of nitrogens with zero attached hydrogens (tertiary/aromatic N) is 2. The van der Waals surface area contributed by atoms with Crippen molar-refractivity contribution in [3.05, 3.63) is 35.5 Å². The van der Waals surface area contributed by atoms with Crippen molar-refractivity contribution in [2.45, 2.75) is 27.7 Å². The number of aromatic nitrogens is 1. The molecule has 0 N–H and O–H groups in total. The third-order valence-electron chi connectivity index (χ3n) is 3.51. The summed E-state index contributed by atoms with van der Waals surface area (Å²) in [5.74, 6) is -0.315. The van der Waals surface area contributed by atoms with E-state index in [4.69, 9.17) is 4.74 Å². The molecule has 0 unspecified atom stereocenters. The Hall–Kier alpha value is -1.58. The molecule has 0 spiro atoms. The molecule has 0 aliphatic carbocycles. The number of anilines is 1. The first-order chi connectivity index (χ1) is 10.6. The first kappa shape index (κ1) is 16.8. The molecule has 0 aliphatic heterocycles. The van der Waals surface area contributed by atoms with Crippen LogP contribution in [0, 0.1) is 6.92 Å². The fraction of sp³-hybridized carbons (Fsp3) is 0.412. The zero-order valence-electron chi connectivity index (χ0n) is 13.5. The summed E-state index contributed by atoms with van der Waals surface area (Å²) in [5, 5.41) is 0. The molecule has 0 atom stereocenters. The molecule has 0 bridgehead atoms. The van der Waals surface area contributed by atoms with E-state index in [2.05, 4.69) is 42.8 Å². The van der Waals surface area contributed by atoms with Gasteiger partial charge in [-0.3, -0.25) is 0 Å². The molecule has 4 nitrogen and oxygen atoms in total. The van der Waals surface area contributed by atoms with Crippen LogP contribution in [0.15, 0.2) is 24.3 Å². The fourth-order valence-electron chi connectivity index (χ4n) is 2.29. The van der Waals surface area contributed by atoms with Gasteiger partial charge in [-0.15, -0.1) is 0 Å². The minimum atomic E-state index is -0.315. The number of aryl methyl sites for hydroxylation is 1. The Balaban J connectivity index is 2.55. The molecule has 118 valence electrons. The number of esters is 1. The summed E-state index contributed by atoms with van der Waals surface area (Å²) in [5.41, 5.74) is 2.76. The summed E-state index contributed by atoms with van der Waals surface area (Å²) in [4.78, 5) is 19.1. The summed E-state index contributed by atoms with van der Waals surface area (Å²) in [7, 11) is 0. The second kappa shape index (κ2) is 7.61. The second-order valence-electron chi connectivity index (χ2n) is 4.88. The van der Waals surface area contributed by atoms with Crippen LogP contribution in [0.3, 0.4) is 0 Å². The first-order valence-corrected chi connectivity index (χ1v) is 9.32. The molecule has 5 heteroatoms. The van der Waals surface area contributed by atoms with Crippen molar-refractivity contribution in [1.82, 2.24) is 4.98 Å². The minimum absolute atomic E-state index is 0.0280. The van der Waals surface area contributed by atoms with Gasteiger partial charge >= 0.3 is 137 Å².